The Bertz CT molecular complexity index is 748. The highest BCUT2D eigenvalue weighted by molar-refractivity contribution is 14.1. The van der Waals surface area contributed by atoms with Crippen molar-refractivity contribution in [2.45, 2.75) is 0 Å². The van der Waals surface area contributed by atoms with E-state index < -0.39 is 0 Å². The van der Waals surface area contributed by atoms with Gasteiger partial charge < -0.3 is 4.57 Å². The molecule has 1 aromatic carbocycles. The summed E-state index contributed by atoms with van der Waals surface area (Å²) in [5.41, 5.74) is 2.08. The highest BCUT2D eigenvalue weighted by Crippen LogP contribution is 2.32. The number of nitrogens with zero attached hydrogens (tertiary/aromatic N) is 1. The van der Waals surface area contributed by atoms with Crippen molar-refractivity contribution in [2.24, 2.45) is 7.05 Å². The van der Waals surface area contributed by atoms with Gasteiger partial charge in [0.1, 0.15) is 0 Å². The SMILES string of the molecule is Cn1c(I)c(/C=C2\SC(=O)NC2=O)c2ccccc21. The number of rotatable bonds is 1. The van der Waals surface area contributed by atoms with Crippen LogP contribution in [-0.4, -0.2) is 15.7 Å². The van der Waals surface area contributed by atoms with E-state index >= 15 is 0 Å². The van der Waals surface area contributed by atoms with E-state index in [4.69, 9.17) is 0 Å². The highest BCUT2D eigenvalue weighted by Gasteiger charge is 2.26. The number of hydrogen-bond donors (Lipinski definition) is 1. The van der Waals surface area contributed by atoms with Crippen LogP contribution < -0.4 is 5.32 Å². The number of carbonyl (C=O) groups excluding carboxylic acids is 2. The number of fused-ring (bicyclic) bond motifs is 1. The quantitative estimate of drug-likeness (QED) is 0.607. The van der Waals surface area contributed by atoms with Gasteiger partial charge in [0.2, 0.25) is 0 Å². The van der Waals surface area contributed by atoms with Crippen molar-refractivity contribution in [3.05, 3.63) is 38.4 Å². The standard InChI is InChI=1S/C13H9IN2O2S/c1-16-9-5-3-2-4-7(9)8(11(16)14)6-10-12(17)15-13(18)19-10/h2-6H,1H3,(H,15,17,18)/b10-6-. The molecular weight excluding hydrogens is 375 g/mol. The predicted molar refractivity (Wildman–Crippen MR) is 84.7 cm³/mol. The molecule has 0 spiro atoms. The van der Waals surface area contributed by atoms with E-state index in [2.05, 4.69) is 32.5 Å². The summed E-state index contributed by atoms with van der Waals surface area (Å²) < 4.78 is 3.11. The summed E-state index contributed by atoms with van der Waals surface area (Å²) >= 11 is 3.19. The van der Waals surface area contributed by atoms with Crippen molar-refractivity contribution in [3.8, 4) is 0 Å². The topological polar surface area (TPSA) is 51.1 Å². The number of benzene rings is 1. The van der Waals surface area contributed by atoms with Crippen molar-refractivity contribution in [1.29, 1.82) is 0 Å². The first-order valence-electron chi connectivity index (χ1n) is 5.55. The van der Waals surface area contributed by atoms with Gasteiger partial charge in [-0.1, -0.05) is 18.2 Å². The second-order valence-electron chi connectivity index (χ2n) is 4.13. The average molecular weight is 384 g/mol. The lowest BCUT2D eigenvalue weighted by molar-refractivity contribution is -0.115. The van der Waals surface area contributed by atoms with Gasteiger partial charge in [-0.25, -0.2) is 0 Å². The Hall–Kier alpha value is -1.28. The fraction of sp³-hybridized carbons (Fsp3) is 0.0769. The lowest BCUT2D eigenvalue weighted by Gasteiger charge is -1.96. The monoisotopic (exact) mass is 384 g/mol. The van der Waals surface area contributed by atoms with Gasteiger partial charge in [0.05, 0.1) is 8.61 Å². The van der Waals surface area contributed by atoms with Crippen LogP contribution in [0, 0.1) is 3.70 Å². The first kappa shape index (κ1) is 12.7. The third-order valence-corrected chi connectivity index (χ3v) is 5.11. The summed E-state index contributed by atoms with van der Waals surface area (Å²) in [6.45, 7) is 0. The lowest BCUT2D eigenvalue weighted by Crippen LogP contribution is -2.17. The summed E-state index contributed by atoms with van der Waals surface area (Å²) in [6.07, 6.45) is 1.79. The highest BCUT2D eigenvalue weighted by atomic mass is 127. The molecule has 1 aliphatic heterocycles. The molecule has 1 aromatic heterocycles. The summed E-state index contributed by atoms with van der Waals surface area (Å²) in [6, 6.07) is 8.00. The van der Waals surface area contributed by atoms with Gasteiger partial charge in [-0.15, -0.1) is 0 Å². The smallest absolute Gasteiger partial charge is 0.290 e. The first-order chi connectivity index (χ1) is 9.08. The Kier molecular flexibility index (Phi) is 3.14. The maximum Gasteiger partial charge on any atom is 0.290 e. The van der Waals surface area contributed by atoms with Gasteiger partial charge in [-0.05, 0) is 46.5 Å². The molecule has 4 nitrogen and oxygen atoms in total. The summed E-state index contributed by atoms with van der Waals surface area (Å²) in [4.78, 5) is 23.2. The second kappa shape index (κ2) is 4.68. The van der Waals surface area contributed by atoms with Crippen LogP contribution >= 0.6 is 34.4 Å². The number of amides is 2. The fourth-order valence-corrected chi connectivity index (χ4v) is 3.45. The third-order valence-electron chi connectivity index (χ3n) is 2.99. The minimum atomic E-state index is -0.321. The van der Waals surface area contributed by atoms with Crippen LogP contribution in [0.1, 0.15) is 5.56 Å². The Morgan fingerprint density at radius 2 is 2.05 bits per heavy atom. The Balaban J connectivity index is 2.21. The van der Waals surface area contributed by atoms with E-state index in [0.29, 0.717) is 4.91 Å². The van der Waals surface area contributed by atoms with Crippen LogP contribution in [0.4, 0.5) is 4.79 Å². The second-order valence-corrected chi connectivity index (χ2v) is 6.17. The molecule has 96 valence electrons. The molecule has 0 aliphatic carbocycles. The van der Waals surface area contributed by atoms with Crippen molar-refractivity contribution in [2.75, 3.05) is 0 Å². The van der Waals surface area contributed by atoms with Crippen LogP contribution in [0.15, 0.2) is 29.2 Å². The predicted octanol–water partition coefficient (Wildman–Crippen LogP) is 3.11. The molecule has 0 unspecified atom stereocenters. The summed E-state index contributed by atoms with van der Waals surface area (Å²) in [5, 5.41) is 3.03. The number of imide groups is 1. The van der Waals surface area contributed by atoms with Crippen LogP contribution in [0.5, 0.6) is 0 Å². The first-order valence-corrected chi connectivity index (χ1v) is 7.45. The molecular formula is C13H9IN2O2S. The molecule has 3 rings (SSSR count). The average Bonchev–Trinajstić information content (AvgIpc) is 2.83. The molecule has 6 heteroatoms. The van der Waals surface area contributed by atoms with Crippen LogP contribution in [0.3, 0.4) is 0 Å². The maximum atomic E-state index is 11.6. The van der Waals surface area contributed by atoms with E-state index in [1.165, 1.54) is 0 Å². The van der Waals surface area contributed by atoms with Crippen molar-refractivity contribution in [1.82, 2.24) is 9.88 Å². The molecule has 1 aliphatic rings. The molecule has 19 heavy (non-hydrogen) atoms. The van der Waals surface area contributed by atoms with E-state index in [9.17, 15) is 9.59 Å². The van der Waals surface area contributed by atoms with E-state index in [-0.39, 0.29) is 11.1 Å². The van der Waals surface area contributed by atoms with Gasteiger partial charge >= 0.3 is 0 Å². The zero-order chi connectivity index (χ0) is 13.6. The molecule has 1 saturated heterocycles. The minimum Gasteiger partial charge on any atom is -0.339 e. The molecule has 1 fully saturated rings. The number of halogens is 1. The molecule has 0 radical (unpaired) electrons. The van der Waals surface area contributed by atoms with Crippen molar-refractivity contribution >= 4 is 62.5 Å². The fourth-order valence-electron chi connectivity index (χ4n) is 2.08. The molecule has 0 saturated carbocycles. The van der Waals surface area contributed by atoms with Crippen molar-refractivity contribution in [3.63, 3.8) is 0 Å². The molecule has 2 heterocycles. The van der Waals surface area contributed by atoms with Gasteiger partial charge in [0.15, 0.2) is 0 Å². The molecule has 1 N–H and O–H groups in total. The number of carbonyl (C=O) groups is 2. The number of nitrogens with one attached hydrogen (secondary N) is 1. The maximum absolute atomic E-state index is 11.6. The van der Waals surface area contributed by atoms with Crippen LogP contribution in [0.2, 0.25) is 0 Å². The zero-order valence-corrected chi connectivity index (χ0v) is 12.9. The number of aryl methyl sites for hydroxylation is 1. The van der Waals surface area contributed by atoms with Gasteiger partial charge in [-0.3, -0.25) is 14.9 Å². The zero-order valence-electron chi connectivity index (χ0n) is 9.94. The number of thioether (sulfide) groups is 1. The summed E-state index contributed by atoms with van der Waals surface area (Å²) in [5.74, 6) is -0.321. The molecule has 0 bridgehead atoms. The van der Waals surface area contributed by atoms with Crippen LogP contribution in [0.25, 0.3) is 17.0 Å². The van der Waals surface area contributed by atoms with E-state index in [1.54, 1.807) is 6.08 Å². The Labute approximate surface area is 127 Å². The number of aromatic nitrogens is 1. The van der Waals surface area contributed by atoms with Gasteiger partial charge in [-0.2, -0.15) is 0 Å². The molecule has 2 aromatic rings. The largest absolute Gasteiger partial charge is 0.339 e. The van der Waals surface area contributed by atoms with Crippen molar-refractivity contribution < 1.29 is 9.59 Å². The number of hydrogen-bond acceptors (Lipinski definition) is 3. The minimum absolute atomic E-state index is 0.313. The molecule has 2 amide bonds. The van der Waals surface area contributed by atoms with E-state index in [1.807, 2.05) is 31.3 Å². The number of para-hydroxylation sites is 1. The lowest BCUT2D eigenvalue weighted by atomic mass is 10.1. The van der Waals surface area contributed by atoms with E-state index in [0.717, 1.165) is 31.9 Å². The van der Waals surface area contributed by atoms with Gasteiger partial charge in [0, 0.05) is 23.5 Å². The Morgan fingerprint density at radius 1 is 1.32 bits per heavy atom. The van der Waals surface area contributed by atoms with Crippen LogP contribution in [-0.2, 0) is 11.8 Å². The van der Waals surface area contributed by atoms with Gasteiger partial charge in [0.25, 0.3) is 11.1 Å². The normalized spacial score (nSPS) is 17.5. The summed E-state index contributed by atoms with van der Waals surface area (Å²) in [7, 11) is 1.99. The third kappa shape index (κ3) is 2.08. The Morgan fingerprint density at radius 3 is 2.74 bits per heavy atom. The molecule has 0 atom stereocenters.